The van der Waals surface area contributed by atoms with Crippen molar-refractivity contribution in [3.05, 3.63) is 101 Å². The molecule has 30 heavy (non-hydrogen) atoms. The number of aromatic nitrogens is 1. The standard InChI is InChI=1S/C25H21N3O2/c1-18-23(14-20(15-26)25(29)27-16-21-10-7-13-30-21)22-11-5-6-12-24(22)28(18)17-19-8-3-2-4-9-19/h2-14H,16-17H2,1H3,(H,27,29). The van der Waals surface area contributed by atoms with Gasteiger partial charge in [0.15, 0.2) is 0 Å². The molecule has 2 aromatic heterocycles. The number of hydrogen-bond donors (Lipinski definition) is 1. The Kier molecular flexibility index (Phi) is 5.49. The number of benzene rings is 2. The van der Waals surface area contributed by atoms with E-state index in [0.29, 0.717) is 12.3 Å². The van der Waals surface area contributed by atoms with Gasteiger partial charge in [-0.3, -0.25) is 4.79 Å². The summed E-state index contributed by atoms with van der Waals surface area (Å²) in [5.74, 6) is 0.212. The van der Waals surface area contributed by atoms with E-state index in [1.807, 2.05) is 49.4 Å². The maximum Gasteiger partial charge on any atom is 0.262 e. The molecule has 0 aliphatic heterocycles. The molecule has 0 unspecified atom stereocenters. The predicted molar refractivity (Wildman–Crippen MR) is 116 cm³/mol. The van der Waals surface area contributed by atoms with Gasteiger partial charge in [-0.15, -0.1) is 0 Å². The maximum atomic E-state index is 12.6. The number of carbonyl (C=O) groups excluding carboxylic acids is 1. The van der Waals surface area contributed by atoms with Crippen molar-refractivity contribution < 1.29 is 9.21 Å². The first-order valence-corrected chi connectivity index (χ1v) is 9.71. The fourth-order valence-electron chi connectivity index (χ4n) is 3.58. The van der Waals surface area contributed by atoms with Gasteiger partial charge in [0.25, 0.3) is 5.91 Å². The van der Waals surface area contributed by atoms with Gasteiger partial charge in [0.05, 0.1) is 12.8 Å². The number of hydrogen-bond acceptors (Lipinski definition) is 3. The van der Waals surface area contributed by atoms with Crippen LogP contribution in [0, 0.1) is 18.3 Å². The van der Waals surface area contributed by atoms with E-state index >= 15 is 0 Å². The summed E-state index contributed by atoms with van der Waals surface area (Å²) in [6.07, 6.45) is 3.23. The summed E-state index contributed by atoms with van der Waals surface area (Å²) in [6, 6.07) is 23.8. The smallest absolute Gasteiger partial charge is 0.262 e. The number of furan rings is 1. The first-order chi connectivity index (χ1) is 14.7. The van der Waals surface area contributed by atoms with Crippen LogP contribution >= 0.6 is 0 Å². The number of rotatable bonds is 6. The second-order valence-corrected chi connectivity index (χ2v) is 7.02. The van der Waals surface area contributed by atoms with Gasteiger partial charge in [-0.25, -0.2) is 0 Å². The van der Waals surface area contributed by atoms with Crippen LogP contribution in [0.3, 0.4) is 0 Å². The second kappa shape index (κ2) is 8.54. The normalized spacial score (nSPS) is 11.4. The van der Waals surface area contributed by atoms with Crippen LogP contribution in [0.15, 0.2) is 83.0 Å². The number of carbonyl (C=O) groups is 1. The Morgan fingerprint density at radius 1 is 1.10 bits per heavy atom. The molecule has 5 heteroatoms. The van der Waals surface area contributed by atoms with Crippen molar-refractivity contribution in [1.82, 2.24) is 9.88 Å². The Bertz CT molecular complexity index is 1240. The Hall–Kier alpha value is -4.04. The van der Waals surface area contributed by atoms with Gasteiger partial charge < -0.3 is 14.3 Å². The van der Waals surface area contributed by atoms with Crippen molar-refractivity contribution in [3.63, 3.8) is 0 Å². The van der Waals surface area contributed by atoms with Gasteiger partial charge in [0, 0.05) is 28.7 Å². The van der Waals surface area contributed by atoms with Crippen molar-refractivity contribution in [2.24, 2.45) is 0 Å². The van der Waals surface area contributed by atoms with Gasteiger partial charge >= 0.3 is 0 Å². The molecule has 0 aliphatic rings. The maximum absolute atomic E-state index is 12.6. The summed E-state index contributed by atoms with van der Waals surface area (Å²) in [7, 11) is 0. The molecular formula is C25H21N3O2. The molecule has 4 aromatic rings. The van der Waals surface area contributed by atoms with Crippen LogP contribution in [-0.4, -0.2) is 10.5 Å². The molecule has 0 radical (unpaired) electrons. The minimum Gasteiger partial charge on any atom is -0.467 e. The largest absolute Gasteiger partial charge is 0.467 e. The fourth-order valence-corrected chi connectivity index (χ4v) is 3.58. The molecule has 1 amide bonds. The molecule has 0 fully saturated rings. The van der Waals surface area contributed by atoms with Crippen molar-refractivity contribution in [2.75, 3.05) is 0 Å². The van der Waals surface area contributed by atoms with Crippen LogP contribution in [0.4, 0.5) is 0 Å². The highest BCUT2D eigenvalue weighted by atomic mass is 16.3. The zero-order valence-electron chi connectivity index (χ0n) is 16.6. The van der Waals surface area contributed by atoms with Crippen LogP contribution in [0.5, 0.6) is 0 Å². The van der Waals surface area contributed by atoms with Gasteiger partial charge in [-0.1, -0.05) is 48.5 Å². The molecule has 5 nitrogen and oxygen atoms in total. The van der Waals surface area contributed by atoms with E-state index in [9.17, 15) is 10.1 Å². The average Bonchev–Trinajstić information content (AvgIpc) is 3.39. The summed E-state index contributed by atoms with van der Waals surface area (Å²) in [5.41, 5.74) is 4.21. The fraction of sp³-hybridized carbons (Fsp3) is 0.120. The Balaban J connectivity index is 1.69. The Morgan fingerprint density at radius 3 is 2.60 bits per heavy atom. The Morgan fingerprint density at radius 2 is 1.87 bits per heavy atom. The molecule has 1 N–H and O–H groups in total. The molecule has 2 heterocycles. The first kappa shape index (κ1) is 19.3. The zero-order valence-corrected chi connectivity index (χ0v) is 16.6. The number of nitriles is 1. The second-order valence-electron chi connectivity index (χ2n) is 7.02. The quantitative estimate of drug-likeness (QED) is 0.376. The van der Waals surface area contributed by atoms with Gasteiger partial charge in [0.2, 0.25) is 0 Å². The molecule has 0 saturated heterocycles. The summed E-state index contributed by atoms with van der Waals surface area (Å²) < 4.78 is 7.45. The lowest BCUT2D eigenvalue weighted by atomic mass is 10.1. The van der Waals surface area contributed by atoms with Crippen LogP contribution in [0.1, 0.15) is 22.6 Å². The SMILES string of the molecule is Cc1c(C=C(C#N)C(=O)NCc2ccco2)c2ccccc2n1Cc1ccccc1. The topological polar surface area (TPSA) is 71.0 Å². The van der Waals surface area contributed by atoms with Crippen molar-refractivity contribution in [3.8, 4) is 6.07 Å². The van der Waals surface area contributed by atoms with Gasteiger partial charge in [-0.05, 0) is 36.8 Å². The van der Waals surface area contributed by atoms with E-state index < -0.39 is 5.91 Å². The van der Waals surface area contributed by atoms with Crippen molar-refractivity contribution in [1.29, 1.82) is 5.26 Å². The van der Waals surface area contributed by atoms with Crippen LogP contribution in [-0.2, 0) is 17.9 Å². The van der Waals surface area contributed by atoms with E-state index in [1.54, 1.807) is 24.5 Å². The van der Waals surface area contributed by atoms with Crippen LogP contribution in [0.25, 0.3) is 17.0 Å². The molecule has 0 saturated carbocycles. The summed E-state index contributed by atoms with van der Waals surface area (Å²) in [4.78, 5) is 12.6. The average molecular weight is 395 g/mol. The third-order valence-electron chi connectivity index (χ3n) is 5.12. The number of amides is 1. The van der Waals surface area contributed by atoms with Crippen LogP contribution in [0.2, 0.25) is 0 Å². The van der Waals surface area contributed by atoms with E-state index in [0.717, 1.165) is 22.2 Å². The lowest BCUT2D eigenvalue weighted by Gasteiger charge is -2.08. The summed E-state index contributed by atoms with van der Waals surface area (Å²) in [5, 5.41) is 13.4. The number of fused-ring (bicyclic) bond motifs is 1. The number of para-hydroxylation sites is 1. The molecule has 2 aromatic carbocycles. The van der Waals surface area contributed by atoms with Gasteiger partial charge in [-0.2, -0.15) is 5.26 Å². The minimum absolute atomic E-state index is 0.0623. The van der Waals surface area contributed by atoms with Crippen molar-refractivity contribution >= 4 is 22.9 Å². The zero-order chi connectivity index (χ0) is 20.9. The molecular weight excluding hydrogens is 374 g/mol. The Labute approximate surface area is 174 Å². The molecule has 148 valence electrons. The van der Waals surface area contributed by atoms with E-state index in [4.69, 9.17) is 4.42 Å². The lowest BCUT2D eigenvalue weighted by molar-refractivity contribution is -0.117. The highest BCUT2D eigenvalue weighted by Gasteiger charge is 2.16. The third kappa shape index (κ3) is 3.89. The molecule has 0 atom stereocenters. The van der Waals surface area contributed by atoms with E-state index in [1.165, 1.54) is 5.56 Å². The summed E-state index contributed by atoms with van der Waals surface area (Å²) >= 11 is 0. The van der Waals surface area contributed by atoms with Crippen LogP contribution < -0.4 is 5.32 Å². The highest BCUT2D eigenvalue weighted by Crippen LogP contribution is 2.28. The molecule has 0 bridgehead atoms. The van der Waals surface area contributed by atoms with E-state index in [-0.39, 0.29) is 12.1 Å². The monoisotopic (exact) mass is 395 g/mol. The molecule has 0 spiro atoms. The molecule has 0 aliphatic carbocycles. The van der Waals surface area contributed by atoms with Gasteiger partial charge in [0.1, 0.15) is 17.4 Å². The van der Waals surface area contributed by atoms with E-state index in [2.05, 4.69) is 28.1 Å². The first-order valence-electron chi connectivity index (χ1n) is 9.71. The lowest BCUT2D eigenvalue weighted by Crippen LogP contribution is -2.23. The number of nitrogens with zero attached hydrogens (tertiary/aromatic N) is 2. The third-order valence-corrected chi connectivity index (χ3v) is 5.12. The predicted octanol–water partition coefficient (Wildman–Crippen LogP) is 4.81. The minimum atomic E-state index is -0.423. The molecule has 4 rings (SSSR count). The van der Waals surface area contributed by atoms with Crippen molar-refractivity contribution in [2.45, 2.75) is 20.0 Å². The summed E-state index contributed by atoms with van der Waals surface area (Å²) in [6.45, 7) is 2.97. The highest BCUT2D eigenvalue weighted by molar-refractivity contribution is 6.04. The number of nitrogens with one attached hydrogen (secondary N) is 1.